The van der Waals surface area contributed by atoms with Crippen molar-refractivity contribution in [3.8, 4) is 16.5 Å². The third kappa shape index (κ3) is 1.97. The van der Waals surface area contributed by atoms with Gasteiger partial charge in [0.1, 0.15) is 0 Å². The monoisotopic (exact) mass is 259 g/mol. The van der Waals surface area contributed by atoms with Gasteiger partial charge in [-0.25, -0.2) is 9.50 Å². The van der Waals surface area contributed by atoms with Crippen LogP contribution >= 0.6 is 11.3 Å². The predicted molar refractivity (Wildman–Crippen MR) is 72.2 cm³/mol. The molecule has 0 aliphatic rings. The topological polar surface area (TPSA) is 39.4 Å². The van der Waals surface area contributed by atoms with Crippen LogP contribution < -0.4 is 4.74 Å². The van der Waals surface area contributed by atoms with Crippen molar-refractivity contribution < 1.29 is 4.74 Å². The lowest BCUT2D eigenvalue weighted by molar-refractivity contribution is 0.334. The molecule has 92 valence electrons. The standard InChI is InChI=1S/C13H13N3OS/c1-3-17-13-15-16-8-11(14-12(16)18-13)10-6-4-9(2)5-7-10/h4-8H,3H2,1-2H3. The number of nitrogens with zero attached hydrogens (tertiary/aromatic N) is 3. The van der Waals surface area contributed by atoms with Gasteiger partial charge in [-0.15, -0.1) is 5.10 Å². The lowest BCUT2D eigenvalue weighted by Gasteiger charge is -1.96. The molecule has 0 saturated carbocycles. The van der Waals surface area contributed by atoms with Crippen molar-refractivity contribution in [1.29, 1.82) is 0 Å². The molecule has 0 fully saturated rings. The number of rotatable bonds is 3. The molecule has 0 aliphatic heterocycles. The van der Waals surface area contributed by atoms with Gasteiger partial charge < -0.3 is 4.74 Å². The Bertz CT molecular complexity index is 638. The predicted octanol–water partition coefficient (Wildman–Crippen LogP) is 3.16. The van der Waals surface area contributed by atoms with E-state index in [1.54, 1.807) is 4.52 Å². The van der Waals surface area contributed by atoms with E-state index in [1.165, 1.54) is 16.9 Å². The van der Waals surface area contributed by atoms with Crippen LogP contribution in [0.5, 0.6) is 5.19 Å². The summed E-state index contributed by atoms with van der Waals surface area (Å²) < 4.78 is 7.13. The highest BCUT2D eigenvalue weighted by Gasteiger charge is 2.09. The molecule has 0 bridgehead atoms. The fraction of sp³-hybridized carbons (Fsp3) is 0.231. The minimum atomic E-state index is 0.626. The Balaban J connectivity index is 1.98. The van der Waals surface area contributed by atoms with Gasteiger partial charge in [-0.2, -0.15) is 0 Å². The van der Waals surface area contributed by atoms with Gasteiger partial charge in [-0.3, -0.25) is 0 Å². The van der Waals surface area contributed by atoms with E-state index in [0.29, 0.717) is 11.8 Å². The summed E-state index contributed by atoms with van der Waals surface area (Å²) in [7, 11) is 0. The average molecular weight is 259 g/mol. The van der Waals surface area contributed by atoms with Crippen LogP contribution in [-0.2, 0) is 0 Å². The Morgan fingerprint density at radius 2 is 2.06 bits per heavy atom. The van der Waals surface area contributed by atoms with E-state index in [-0.39, 0.29) is 0 Å². The van der Waals surface area contributed by atoms with Gasteiger partial charge in [0.15, 0.2) is 0 Å². The number of benzene rings is 1. The number of ether oxygens (including phenoxy) is 1. The summed E-state index contributed by atoms with van der Waals surface area (Å²) in [6.45, 7) is 4.65. The van der Waals surface area contributed by atoms with E-state index >= 15 is 0 Å². The Morgan fingerprint density at radius 1 is 1.28 bits per heavy atom. The number of hydrogen-bond acceptors (Lipinski definition) is 4. The van der Waals surface area contributed by atoms with E-state index < -0.39 is 0 Å². The zero-order valence-electron chi connectivity index (χ0n) is 10.3. The van der Waals surface area contributed by atoms with Gasteiger partial charge in [-0.05, 0) is 25.2 Å². The van der Waals surface area contributed by atoms with Crippen molar-refractivity contribution in [3.05, 3.63) is 36.0 Å². The zero-order valence-corrected chi connectivity index (χ0v) is 11.1. The molecule has 0 radical (unpaired) electrons. The van der Waals surface area contributed by atoms with Gasteiger partial charge in [-0.1, -0.05) is 29.8 Å². The van der Waals surface area contributed by atoms with Crippen molar-refractivity contribution >= 4 is 16.3 Å². The molecule has 0 amide bonds. The molecule has 18 heavy (non-hydrogen) atoms. The average Bonchev–Trinajstić information content (AvgIpc) is 2.88. The van der Waals surface area contributed by atoms with Crippen molar-refractivity contribution in [3.63, 3.8) is 0 Å². The highest BCUT2D eigenvalue weighted by Crippen LogP contribution is 2.25. The first-order chi connectivity index (χ1) is 8.76. The zero-order chi connectivity index (χ0) is 12.5. The molecule has 1 aromatic carbocycles. The third-order valence-electron chi connectivity index (χ3n) is 2.64. The van der Waals surface area contributed by atoms with E-state index in [1.807, 2.05) is 13.1 Å². The minimum absolute atomic E-state index is 0.626. The van der Waals surface area contributed by atoms with Crippen molar-refractivity contribution in [2.24, 2.45) is 0 Å². The molecule has 3 aromatic rings. The van der Waals surface area contributed by atoms with E-state index in [2.05, 4.69) is 41.3 Å². The number of fused-ring (bicyclic) bond motifs is 1. The highest BCUT2D eigenvalue weighted by molar-refractivity contribution is 7.18. The molecule has 0 spiro atoms. The number of hydrogen-bond donors (Lipinski definition) is 0. The van der Waals surface area contributed by atoms with Gasteiger partial charge in [0.05, 0.1) is 18.5 Å². The van der Waals surface area contributed by atoms with Crippen LogP contribution in [0.2, 0.25) is 0 Å². The SMILES string of the molecule is CCOc1nn2cc(-c3ccc(C)cc3)nc2s1. The normalized spacial score (nSPS) is 11.0. The summed E-state index contributed by atoms with van der Waals surface area (Å²) in [5, 5.41) is 4.98. The van der Waals surface area contributed by atoms with Crippen LogP contribution in [0.4, 0.5) is 0 Å². The van der Waals surface area contributed by atoms with Crippen LogP contribution in [-0.4, -0.2) is 21.2 Å². The summed E-state index contributed by atoms with van der Waals surface area (Å²) >= 11 is 1.46. The summed E-state index contributed by atoms with van der Waals surface area (Å²) in [5.41, 5.74) is 3.30. The minimum Gasteiger partial charge on any atom is -0.469 e. The summed E-state index contributed by atoms with van der Waals surface area (Å²) in [6.07, 6.45) is 1.93. The number of imidazole rings is 1. The quantitative estimate of drug-likeness (QED) is 0.725. The Labute approximate surface area is 109 Å². The molecule has 5 heteroatoms. The molecule has 2 heterocycles. The lowest BCUT2D eigenvalue weighted by Crippen LogP contribution is -1.91. The molecule has 0 atom stereocenters. The fourth-order valence-electron chi connectivity index (χ4n) is 1.73. The number of aryl methyl sites for hydroxylation is 1. The first-order valence-corrected chi connectivity index (χ1v) is 6.64. The molecule has 4 nitrogen and oxygen atoms in total. The molecular formula is C13H13N3OS. The van der Waals surface area contributed by atoms with Crippen molar-refractivity contribution in [2.75, 3.05) is 6.61 Å². The first-order valence-electron chi connectivity index (χ1n) is 5.82. The van der Waals surface area contributed by atoms with E-state index in [9.17, 15) is 0 Å². The summed E-state index contributed by atoms with van der Waals surface area (Å²) in [5.74, 6) is 0. The van der Waals surface area contributed by atoms with Gasteiger partial charge in [0.2, 0.25) is 4.96 Å². The van der Waals surface area contributed by atoms with Crippen molar-refractivity contribution in [2.45, 2.75) is 13.8 Å². The van der Waals surface area contributed by atoms with Crippen molar-refractivity contribution in [1.82, 2.24) is 14.6 Å². The maximum atomic E-state index is 5.36. The maximum Gasteiger partial charge on any atom is 0.294 e. The molecule has 2 aromatic heterocycles. The molecule has 3 rings (SSSR count). The fourth-order valence-corrected chi connectivity index (χ4v) is 2.52. The largest absolute Gasteiger partial charge is 0.469 e. The third-order valence-corrected chi connectivity index (χ3v) is 3.47. The van der Waals surface area contributed by atoms with Crippen LogP contribution in [0.15, 0.2) is 30.5 Å². The van der Waals surface area contributed by atoms with Gasteiger partial charge in [0.25, 0.3) is 5.19 Å². The number of aromatic nitrogens is 3. The molecule has 0 saturated heterocycles. The van der Waals surface area contributed by atoms with Gasteiger partial charge in [0, 0.05) is 5.56 Å². The second kappa shape index (κ2) is 4.42. The second-order valence-corrected chi connectivity index (χ2v) is 4.94. The van der Waals surface area contributed by atoms with E-state index in [4.69, 9.17) is 4.74 Å². The Kier molecular flexibility index (Phi) is 2.76. The molecular weight excluding hydrogens is 246 g/mol. The van der Waals surface area contributed by atoms with Crippen LogP contribution in [0.3, 0.4) is 0 Å². The Hall–Kier alpha value is -1.88. The molecule has 0 aliphatic carbocycles. The van der Waals surface area contributed by atoms with Gasteiger partial charge >= 0.3 is 0 Å². The molecule has 0 unspecified atom stereocenters. The smallest absolute Gasteiger partial charge is 0.294 e. The van der Waals surface area contributed by atoms with Crippen LogP contribution in [0.1, 0.15) is 12.5 Å². The summed E-state index contributed by atoms with van der Waals surface area (Å²) in [6, 6.07) is 8.32. The first kappa shape index (κ1) is 11.2. The van der Waals surface area contributed by atoms with Crippen LogP contribution in [0.25, 0.3) is 16.2 Å². The lowest BCUT2D eigenvalue weighted by atomic mass is 10.1. The Morgan fingerprint density at radius 3 is 2.72 bits per heavy atom. The maximum absolute atomic E-state index is 5.36. The second-order valence-electron chi connectivity index (χ2n) is 4.02. The van der Waals surface area contributed by atoms with Crippen LogP contribution in [0, 0.1) is 6.92 Å². The highest BCUT2D eigenvalue weighted by atomic mass is 32.1. The van der Waals surface area contributed by atoms with E-state index in [0.717, 1.165) is 16.2 Å². The summed E-state index contributed by atoms with van der Waals surface area (Å²) in [4.78, 5) is 5.41. The molecule has 0 N–H and O–H groups in total.